The molecule has 1 saturated heterocycles. The van der Waals surface area contributed by atoms with Crippen LogP contribution in [0.25, 0.3) is 0 Å². The molecule has 0 saturated carbocycles. The van der Waals surface area contributed by atoms with Crippen LogP contribution in [0, 0.1) is 0 Å². The van der Waals surface area contributed by atoms with Crippen molar-refractivity contribution in [2.45, 2.75) is 32.1 Å². The highest BCUT2D eigenvalue weighted by Gasteiger charge is 2.12. The van der Waals surface area contributed by atoms with Crippen LogP contribution in [0.2, 0.25) is 0 Å². The number of halogens is 2. The minimum Gasteiger partial charge on any atom is -0.383 e. The minimum atomic E-state index is -0.111. The average molecular weight is 449 g/mol. The van der Waals surface area contributed by atoms with E-state index < -0.39 is 0 Å². The van der Waals surface area contributed by atoms with Crippen molar-refractivity contribution in [3.05, 3.63) is 24.3 Å². The highest BCUT2D eigenvalue weighted by Crippen LogP contribution is 2.14. The van der Waals surface area contributed by atoms with Gasteiger partial charge in [0.25, 0.3) is 0 Å². The second-order valence-electron chi connectivity index (χ2n) is 6.89. The largest absolute Gasteiger partial charge is 0.383 e. The van der Waals surface area contributed by atoms with Crippen LogP contribution >= 0.6 is 24.8 Å². The van der Waals surface area contributed by atoms with Crippen molar-refractivity contribution in [2.75, 3.05) is 57.1 Å². The number of hydrogen-bond acceptors (Lipinski definition) is 5. The van der Waals surface area contributed by atoms with Crippen molar-refractivity contribution in [2.24, 2.45) is 0 Å². The standard InChI is InChI=1S/C20H32N4O3.2ClH/c1-27-14-11-21-15-19(25)22-17-7-9-18(10-8-17)23-20(26)16-24-12-5-3-2-4-6-13-24;;/h7-10,21H,2-6,11-16H2,1H3,(H,22,25)(H,23,26);2*1H. The fourth-order valence-electron chi connectivity index (χ4n) is 3.09. The first-order chi connectivity index (χ1) is 13.2. The second kappa shape index (κ2) is 16.4. The molecule has 9 heteroatoms. The van der Waals surface area contributed by atoms with Crippen LogP contribution < -0.4 is 16.0 Å². The molecule has 166 valence electrons. The van der Waals surface area contributed by atoms with Gasteiger partial charge in [0.1, 0.15) is 0 Å². The van der Waals surface area contributed by atoms with Gasteiger partial charge in [-0.2, -0.15) is 0 Å². The Hall–Kier alpha value is -1.38. The molecule has 1 aliphatic rings. The molecule has 2 rings (SSSR count). The lowest BCUT2D eigenvalue weighted by Gasteiger charge is -2.23. The number of carbonyl (C=O) groups is 2. The van der Waals surface area contributed by atoms with E-state index in [4.69, 9.17) is 4.74 Å². The smallest absolute Gasteiger partial charge is 0.238 e. The molecule has 1 fully saturated rings. The van der Waals surface area contributed by atoms with E-state index in [-0.39, 0.29) is 43.2 Å². The number of nitrogens with zero attached hydrogens (tertiary/aromatic N) is 1. The molecule has 0 aliphatic carbocycles. The lowest BCUT2D eigenvalue weighted by atomic mass is 10.1. The van der Waals surface area contributed by atoms with Gasteiger partial charge in [0.05, 0.1) is 19.7 Å². The summed E-state index contributed by atoms with van der Waals surface area (Å²) in [7, 11) is 1.62. The molecule has 0 atom stereocenters. The van der Waals surface area contributed by atoms with E-state index in [1.54, 1.807) is 31.4 Å². The zero-order valence-electron chi connectivity index (χ0n) is 17.1. The normalized spacial score (nSPS) is 14.5. The fourth-order valence-corrected chi connectivity index (χ4v) is 3.09. The number of nitrogens with one attached hydrogen (secondary N) is 3. The molecule has 3 N–H and O–H groups in total. The maximum Gasteiger partial charge on any atom is 0.238 e. The van der Waals surface area contributed by atoms with Gasteiger partial charge in [0, 0.05) is 25.0 Å². The zero-order chi connectivity index (χ0) is 19.3. The van der Waals surface area contributed by atoms with Crippen molar-refractivity contribution in [1.82, 2.24) is 10.2 Å². The Labute approximate surface area is 186 Å². The van der Waals surface area contributed by atoms with Crippen molar-refractivity contribution < 1.29 is 14.3 Å². The van der Waals surface area contributed by atoms with Crippen LogP contribution in [-0.2, 0) is 14.3 Å². The predicted molar refractivity (Wildman–Crippen MR) is 122 cm³/mol. The minimum absolute atomic E-state index is 0. The Morgan fingerprint density at radius 1 is 0.897 bits per heavy atom. The maximum atomic E-state index is 12.3. The van der Waals surface area contributed by atoms with E-state index in [0.29, 0.717) is 25.4 Å². The lowest BCUT2D eigenvalue weighted by Crippen LogP contribution is -2.35. The molecule has 29 heavy (non-hydrogen) atoms. The summed E-state index contributed by atoms with van der Waals surface area (Å²) in [5.74, 6) is -0.102. The topological polar surface area (TPSA) is 82.7 Å². The summed E-state index contributed by atoms with van der Waals surface area (Å²) < 4.78 is 4.91. The molecule has 7 nitrogen and oxygen atoms in total. The highest BCUT2D eigenvalue weighted by molar-refractivity contribution is 5.94. The Morgan fingerprint density at radius 3 is 1.97 bits per heavy atom. The Kier molecular flexibility index (Phi) is 15.6. The molecule has 1 aliphatic heterocycles. The van der Waals surface area contributed by atoms with Gasteiger partial charge in [-0.1, -0.05) is 19.3 Å². The summed E-state index contributed by atoms with van der Waals surface area (Å²) in [5.41, 5.74) is 1.44. The summed E-state index contributed by atoms with van der Waals surface area (Å²) in [6.45, 7) is 3.86. The quantitative estimate of drug-likeness (QED) is 0.505. The Bertz CT molecular complexity index is 580. The molecule has 1 heterocycles. The number of carbonyl (C=O) groups excluding carboxylic acids is 2. The summed E-state index contributed by atoms with van der Waals surface area (Å²) in [4.78, 5) is 26.3. The van der Waals surface area contributed by atoms with Crippen molar-refractivity contribution in [1.29, 1.82) is 0 Å². The third-order valence-electron chi connectivity index (χ3n) is 4.54. The first kappa shape index (κ1) is 27.6. The molecule has 0 radical (unpaired) electrons. The van der Waals surface area contributed by atoms with E-state index in [0.717, 1.165) is 18.8 Å². The maximum absolute atomic E-state index is 12.3. The monoisotopic (exact) mass is 448 g/mol. The number of benzene rings is 1. The zero-order valence-corrected chi connectivity index (χ0v) is 18.7. The van der Waals surface area contributed by atoms with E-state index in [2.05, 4.69) is 20.9 Å². The molecule has 0 spiro atoms. The number of ether oxygens (including phenoxy) is 1. The number of likely N-dealkylation sites (tertiary alicyclic amines) is 1. The lowest BCUT2D eigenvalue weighted by molar-refractivity contribution is -0.117. The van der Waals surface area contributed by atoms with Gasteiger partial charge < -0.3 is 20.7 Å². The van der Waals surface area contributed by atoms with Crippen LogP contribution in [0.1, 0.15) is 32.1 Å². The molecule has 2 amide bonds. The van der Waals surface area contributed by atoms with Crippen LogP contribution in [0.4, 0.5) is 11.4 Å². The van der Waals surface area contributed by atoms with Gasteiger partial charge in [-0.05, 0) is 50.2 Å². The van der Waals surface area contributed by atoms with Gasteiger partial charge in [0.15, 0.2) is 0 Å². The molecule has 0 bridgehead atoms. The first-order valence-corrected chi connectivity index (χ1v) is 9.79. The molecule has 1 aromatic rings. The summed E-state index contributed by atoms with van der Waals surface area (Å²) in [5, 5.41) is 8.74. The van der Waals surface area contributed by atoms with Gasteiger partial charge >= 0.3 is 0 Å². The van der Waals surface area contributed by atoms with Crippen LogP contribution in [0.3, 0.4) is 0 Å². The SMILES string of the molecule is COCCNCC(=O)Nc1ccc(NC(=O)CN2CCCCCCC2)cc1.Cl.Cl. The van der Waals surface area contributed by atoms with Gasteiger partial charge in [0.2, 0.25) is 11.8 Å². The number of hydrogen-bond donors (Lipinski definition) is 3. The average Bonchev–Trinajstić information content (AvgIpc) is 2.63. The molecular weight excluding hydrogens is 415 g/mol. The Morgan fingerprint density at radius 2 is 1.41 bits per heavy atom. The van der Waals surface area contributed by atoms with Crippen LogP contribution in [-0.4, -0.2) is 63.2 Å². The highest BCUT2D eigenvalue weighted by atomic mass is 35.5. The fraction of sp³-hybridized carbons (Fsp3) is 0.600. The van der Waals surface area contributed by atoms with E-state index in [1.165, 1.54) is 32.1 Å². The second-order valence-corrected chi connectivity index (χ2v) is 6.89. The number of rotatable bonds is 9. The van der Waals surface area contributed by atoms with Gasteiger partial charge in [-0.15, -0.1) is 24.8 Å². The Balaban J connectivity index is 0.00000392. The molecule has 1 aromatic carbocycles. The first-order valence-electron chi connectivity index (χ1n) is 9.79. The number of methoxy groups -OCH3 is 1. The van der Waals surface area contributed by atoms with Gasteiger partial charge in [-0.25, -0.2) is 0 Å². The summed E-state index contributed by atoms with van der Waals surface area (Å²) >= 11 is 0. The predicted octanol–water partition coefficient (Wildman–Crippen LogP) is 2.91. The third-order valence-corrected chi connectivity index (χ3v) is 4.54. The van der Waals surface area contributed by atoms with E-state index in [1.807, 2.05) is 0 Å². The molecule has 0 unspecified atom stereocenters. The van der Waals surface area contributed by atoms with Crippen molar-refractivity contribution in [3.63, 3.8) is 0 Å². The summed E-state index contributed by atoms with van der Waals surface area (Å²) in [6.07, 6.45) is 6.16. The van der Waals surface area contributed by atoms with E-state index >= 15 is 0 Å². The van der Waals surface area contributed by atoms with Gasteiger partial charge in [-0.3, -0.25) is 14.5 Å². The summed E-state index contributed by atoms with van der Waals surface area (Å²) in [6, 6.07) is 7.19. The number of amides is 2. The third kappa shape index (κ3) is 12.0. The molecule has 0 aromatic heterocycles. The van der Waals surface area contributed by atoms with Crippen molar-refractivity contribution >= 4 is 48.0 Å². The van der Waals surface area contributed by atoms with Crippen LogP contribution in [0.5, 0.6) is 0 Å². The number of anilines is 2. The van der Waals surface area contributed by atoms with Crippen LogP contribution in [0.15, 0.2) is 24.3 Å². The molecular formula is C20H34Cl2N4O3. The van der Waals surface area contributed by atoms with Crippen molar-refractivity contribution in [3.8, 4) is 0 Å². The van der Waals surface area contributed by atoms with E-state index in [9.17, 15) is 9.59 Å².